The van der Waals surface area contributed by atoms with Gasteiger partial charge in [-0.2, -0.15) is 24.9 Å². The van der Waals surface area contributed by atoms with Gasteiger partial charge in [0.1, 0.15) is 5.82 Å². The molecular weight excluding hydrogens is 273 g/mol. The van der Waals surface area contributed by atoms with Crippen LogP contribution < -0.4 is 5.32 Å². The molecule has 1 aromatic rings. The standard InChI is InChI=1S/C13H17F3N2S/c1-2-11-7-10(5-6-19-11)18-12-4-3-9(8-17-12)13(14,15)16/h3-4,8,10-11H,2,5-7H2,1H3,(H,17,18). The van der Waals surface area contributed by atoms with Gasteiger partial charge in [-0.25, -0.2) is 4.98 Å². The van der Waals surface area contributed by atoms with Crippen molar-refractivity contribution in [2.45, 2.75) is 43.7 Å². The Kier molecular flexibility index (Phi) is 4.60. The number of anilines is 1. The van der Waals surface area contributed by atoms with Gasteiger partial charge in [-0.05, 0) is 37.1 Å². The van der Waals surface area contributed by atoms with Gasteiger partial charge in [-0.15, -0.1) is 0 Å². The predicted molar refractivity (Wildman–Crippen MR) is 72.4 cm³/mol. The van der Waals surface area contributed by atoms with Crippen molar-refractivity contribution in [2.24, 2.45) is 0 Å². The van der Waals surface area contributed by atoms with Crippen LogP contribution in [0.25, 0.3) is 0 Å². The van der Waals surface area contributed by atoms with Gasteiger partial charge in [0.25, 0.3) is 0 Å². The van der Waals surface area contributed by atoms with Crippen LogP contribution in [0.5, 0.6) is 0 Å². The Morgan fingerprint density at radius 1 is 1.42 bits per heavy atom. The minimum Gasteiger partial charge on any atom is -0.367 e. The summed E-state index contributed by atoms with van der Waals surface area (Å²) in [7, 11) is 0. The first-order chi connectivity index (χ1) is 8.99. The van der Waals surface area contributed by atoms with Crippen molar-refractivity contribution in [1.29, 1.82) is 0 Å². The topological polar surface area (TPSA) is 24.9 Å². The van der Waals surface area contributed by atoms with Crippen molar-refractivity contribution in [3.8, 4) is 0 Å². The second kappa shape index (κ2) is 6.03. The van der Waals surface area contributed by atoms with Gasteiger partial charge in [0, 0.05) is 17.5 Å². The third-order valence-corrected chi connectivity index (χ3v) is 4.73. The number of nitrogens with zero attached hydrogens (tertiary/aromatic N) is 1. The minimum absolute atomic E-state index is 0.315. The Morgan fingerprint density at radius 3 is 2.79 bits per heavy atom. The second-order valence-corrected chi connectivity index (χ2v) is 6.10. The van der Waals surface area contributed by atoms with Gasteiger partial charge in [0.2, 0.25) is 0 Å². The number of hydrogen-bond donors (Lipinski definition) is 1. The van der Waals surface area contributed by atoms with Crippen LogP contribution in [-0.4, -0.2) is 22.0 Å². The molecule has 0 aliphatic carbocycles. The van der Waals surface area contributed by atoms with E-state index in [1.807, 2.05) is 11.8 Å². The summed E-state index contributed by atoms with van der Waals surface area (Å²) in [5.41, 5.74) is -0.705. The van der Waals surface area contributed by atoms with Crippen molar-refractivity contribution < 1.29 is 13.2 Å². The highest BCUT2D eigenvalue weighted by Crippen LogP contribution is 2.31. The largest absolute Gasteiger partial charge is 0.417 e. The number of pyridine rings is 1. The fraction of sp³-hybridized carbons (Fsp3) is 0.615. The molecule has 1 saturated heterocycles. The molecule has 19 heavy (non-hydrogen) atoms. The average Bonchev–Trinajstić information content (AvgIpc) is 2.38. The van der Waals surface area contributed by atoms with Gasteiger partial charge in [-0.3, -0.25) is 0 Å². The van der Waals surface area contributed by atoms with Crippen molar-refractivity contribution in [3.63, 3.8) is 0 Å². The Bertz CT molecular complexity index is 405. The molecule has 0 aromatic carbocycles. The summed E-state index contributed by atoms with van der Waals surface area (Å²) in [4.78, 5) is 3.85. The maximum atomic E-state index is 12.4. The molecule has 1 aromatic heterocycles. The molecule has 2 nitrogen and oxygen atoms in total. The van der Waals surface area contributed by atoms with Gasteiger partial charge in [-0.1, -0.05) is 6.92 Å². The molecule has 0 amide bonds. The van der Waals surface area contributed by atoms with Crippen LogP contribution in [0.1, 0.15) is 31.7 Å². The zero-order chi connectivity index (χ0) is 13.9. The predicted octanol–water partition coefficient (Wildman–Crippen LogP) is 4.19. The first-order valence-corrected chi connectivity index (χ1v) is 7.45. The molecule has 0 spiro atoms. The van der Waals surface area contributed by atoms with Crippen LogP contribution in [0, 0.1) is 0 Å². The molecular formula is C13H17F3N2S. The fourth-order valence-corrected chi connectivity index (χ4v) is 3.51. The van der Waals surface area contributed by atoms with Gasteiger partial charge < -0.3 is 5.32 Å². The quantitative estimate of drug-likeness (QED) is 0.903. The van der Waals surface area contributed by atoms with Crippen LogP contribution in [0.4, 0.5) is 19.0 Å². The molecule has 0 radical (unpaired) electrons. The van der Waals surface area contributed by atoms with E-state index in [-0.39, 0.29) is 0 Å². The van der Waals surface area contributed by atoms with Crippen LogP contribution in [0.15, 0.2) is 18.3 Å². The zero-order valence-electron chi connectivity index (χ0n) is 10.7. The highest BCUT2D eigenvalue weighted by atomic mass is 32.2. The van der Waals surface area contributed by atoms with E-state index < -0.39 is 11.7 Å². The zero-order valence-corrected chi connectivity index (χ0v) is 11.5. The van der Waals surface area contributed by atoms with E-state index in [1.165, 1.54) is 6.07 Å². The molecule has 1 fully saturated rings. The molecule has 2 rings (SSSR count). The number of thioether (sulfide) groups is 1. The average molecular weight is 290 g/mol. The summed E-state index contributed by atoms with van der Waals surface area (Å²) in [5, 5.41) is 3.87. The maximum Gasteiger partial charge on any atom is 0.417 e. The van der Waals surface area contributed by atoms with E-state index >= 15 is 0 Å². The molecule has 1 aliphatic rings. The van der Waals surface area contributed by atoms with Crippen molar-refractivity contribution in [3.05, 3.63) is 23.9 Å². The van der Waals surface area contributed by atoms with Crippen LogP contribution in [0.2, 0.25) is 0 Å². The molecule has 0 saturated carbocycles. The lowest BCUT2D eigenvalue weighted by molar-refractivity contribution is -0.137. The maximum absolute atomic E-state index is 12.4. The van der Waals surface area contributed by atoms with Crippen LogP contribution >= 0.6 is 11.8 Å². The number of alkyl halides is 3. The van der Waals surface area contributed by atoms with E-state index in [4.69, 9.17) is 0 Å². The van der Waals surface area contributed by atoms with Gasteiger partial charge >= 0.3 is 6.18 Å². The molecule has 1 N–H and O–H groups in total. The van der Waals surface area contributed by atoms with E-state index in [0.717, 1.165) is 37.3 Å². The summed E-state index contributed by atoms with van der Waals surface area (Å²) < 4.78 is 37.2. The number of nitrogens with one attached hydrogen (secondary N) is 1. The SMILES string of the molecule is CCC1CC(Nc2ccc(C(F)(F)F)cn2)CCS1. The van der Waals surface area contributed by atoms with Crippen molar-refractivity contribution >= 4 is 17.6 Å². The van der Waals surface area contributed by atoms with Gasteiger partial charge in [0.05, 0.1) is 5.56 Å². The van der Waals surface area contributed by atoms with E-state index in [1.54, 1.807) is 0 Å². The molecule has 2 atom stereocenters. The summed E-state index contributed by atoms with van der Waals surface area (Å²) in [6.45, 7) is 2.16. The normalized spacial score (nSPS) is 24.2. The highest BCUT2D eigenvalue weighted by Gasteiger charge is 2.30. The number of halogens is 3. The lowest BCUT2D eigenvalue weighted by atomic mass is 10.1. The first kappa shape index (κ1) is 14.5. The molecule has 6 heteroatoms. The Labute approximate surface area is 115 Å². The number of rotatable bonds is 3. The summed E-state index contributed by atoms with van der Waals surface area (Å²) in [6.07, 6.45) is -0.228. The molecule has 2 heterocycles. The Hall–Kier alpha value is -0.910. The van der Waals surface area contributed by atoms with E-state index in [2.05, 4.69) is 17.2 Å². The molecule has 1 aliphatic heterocycles. The lowest BCUT2D eigenvalue weighted by Gasteiger charge is -2.29. The lowest BCUT2D eigenvalue weighted by Crippen LogP contribution is -2.29. The highest BCUT2D eigenvalue weighted by molar-refractivity contribution is 7.99. The second-order valence-electron chi connectivity index (χ2n) is 4.70. The monoisotopic (exact) mass is 290 g/mol. The van der Waals surface area contributed by atoms with Gasteiger partial charge in [0.15, 0.2) is 0 Å². The summed E-state index contributed by atoms with van der Waals surface area (Å²) in [6, 6.07) is 2.80. The van der Waals surface area contributed by atoms with Crippen molar-refractivity contribution in [2.75, 3.05) is 11.1 Å². The molecule has 106 valence electrons. The minimum atomic E-state index is -4.32. The first-order valence-electron chi connectivity index (χ1n) is 6.40. The van der Waals surface area contributed by atoms with Crippen LogP contribution in [0.3, 0.4) is 0 Å². The molecule has 2 unspecified atom stereocenters. The van der Waals surface area contributed by atoms with E-state index in [9.17, 15) is 13.2 Å². The Balaban J connectivity index is 1.96. The van der Waals surface area contributed by atoms with Crippen LogP contribution in [-0.2, 0) is 6.18 Å². The fourth-order valence-electron chi connectivity index (χ4n) is 2.15. The Morgan fingerprint density at radius 2 is 2.21 bits per heavy atom. The molecule has 0 bridgehead atoms. The summed E-state index contributed by atoms with van der Waals surface area (Å²) in [5.74, 6) is 1.62. The third-order valence-electron chi connectivity index (χ3n) is 3.27. The number of hydrogen-bond acceptors (Lipinski definition) is 3. The smallest absolute Gasteiger partial charge is 0.367 e. The summed E-state index contributed by atoms with van der Waals surface area (Å²) >= 11 is 1.97. The van der Waals surface area contributed by atoms with Crippen molar-refractivity contribution in [1.82, 2.24) is 4.98 Å². The van der Waals surface area contributed by atoms with E-state index in [0.29, 0.717) is 17.1 Å². The number of aromatic nitrogens is 1. The third kappa shape index (κ3) is 4.03.